The van der Waals surface area contributed by atoms with Crippen LogP contribution < -0.4 is 0 Å². The van der Waals surface area contributed by atoms with Crippen molar-refractivity contribution in [2.24, 2.45) is 11.1 Å². The molecule has 0 fully saturated rings. The van der Waals surface area contributed by atoms with Crippen molar-refractivity contribution < 1.29 is 23.9 Å². The number of hydrogen-bond acceptors (Lipinski definition) is 6. The number of nitrogens with zero attached hydrogens (tertiary/aromatic N) is 1. The molecular formula is C35H57NO5. The number of carbonyl (C=O) groups excluding carboxylic acids is 2. The molecule has 1 heterocycles. The Hall–Kier alpha value is -2.37. The van der Waals surface area contributed by atoms with Gasteiger partial charge in [-0.25, -0.2) is 9.59 Å². The third-order valence-corrected chi connectivity index (χ3v) is 8.42. The van der Waals surface area contributed by atoms with Gasteiger partial charge in [0.05, 0.1) is 24.8 Å². The van der Waals surface area contributed by atoms with Gasteiger partial charge in [-0.2, -0.15) is 0 Å². The molecule has 0 aliphatic carbocycles. The minimum Gasteiger partial charge on any atom is -0.462 e. The van der Waals surface area contributed by atoms with Gasteiger partial charge in [-0.05, 0) is 51.3 Å². The van der Waals surface area contributed by atoms with Crippen molar-refractivity contribution in [2.45, 2.75) is 149 Å². The van der Waals surface area contributed by atoms with Gasteiger partial charge < -0.3 is 14.3 Å². The molecule has 1 unspecified atom stereocenters. The Balaban J connectivity index is 1.85. The summed E-state index contributed by atoms with van der Waals surface area (Å²) in [7, 11) is 0. The van der Waals surface area contributed by atoms with E-state index in [9.17, 15) is 9.59 Å². The first kappa shape index (κ1) is 34.8. The molecule has 1 aliphatic heterocycles. The number of benzene rings is 1. The van der Waals surface area contributed by atoms with E-state index in [2.05, 4.69) is 19.0 Å². The summed E-state index contributed by atoms with van der Waals surface area (Å²) in [5.41, 5.74) is 1.89. The first-order valence-corrected chi connectivity index (χ1v) is 16.6. The van der Waals surface area contributed by atoms with Crippen molar-refractivity contribution in [2.75, 3.05) is 13.2 Å². The summed E-state index contributed by atoms with van der Waals surface area (Å²) < 4.78 is 10.7. The summed E-state index contributed by atoms with van der Waals surface area (Å²) in [5.74, 6) is -2.00. The van der Waals surface area contributed by atoms with E-state index in [0.29, 0.717) is 12.1 Å². The lowest BCUT2D eigenvalue weighted by atomic mass is 9.78. The van der Waals surface area contributed by atoms with Gasteiger partial charge in [0.15, 0.2) is 0 Å². The van der Waals surface area contributed by atoms with Crippen molar-refractivity contribution in [1.29, 1.82) is 0 Å². The normalized spacial score (nSPS) is 15.8. The average Bonchev–Trinajstić information content (AvgIpc) is 3.35. The highest BCUT2D eigenvalue weighted by atomic mass is 16.7. The monoisotopic (exact) mass is 571 g/mol. The maximum Gasteiger partial charge on any atom is 0.366 e. The van der Waals surface area contributed by atoms with Crippen LogP contribution in [0.4, 0.5) is 0 Å². The van der Waals surface area contributed by atoms with E-state index in [1.165, 1.54) is 89.0 Å². The molecule has 0 spiro atoms. The number of carbonyl (C=O) groups is 2. The molecule has 0 bridgehead atoms. The molecule has 1 aromatic carbocycles. The second kappa shape index (κ2) is 19.7. The molecule has 0 radical (unpaired) electrons. The first-order valence-electron chi connectivity index (χ1n) is 16.6. The average molecular weight is 572 g/mol. The molecule has 1 atom stereocenters. The maximum atomic E-state index is 13.2. The zero-order valence-electron chi connectivity index (χ0n) is 26.7. The van der Waals surface area contributed by atoms with Gasteiger partial charge in [0.25, 0.3) is 0 Å². The van der Waals surface area contributed by atoms with E-state index < -0.39 is 23.5 Å². The Morgan fingerprint density at radius 2 is 1.17 bits per heavy atom. The molecular weight excluding hydrogens is 514 g/mol. The number of aryl methyl sites for hydroxylation is 2. The fraction of sp³-hybridized carbons (Fsp3) is 0.743. The van der Waals surface area contributed by atoms with Crippen LogP contribution in [0.25, 0.3) is 0 Å². The van der Waals surface area contributed by atoms with Gasteiger partial charge in [-0.15, -0.1) is 0 Å². The third-order valence-electron chi connectivity index (χ3n) is 8.42. The second-order valence-corrected chi connectivity index (χ2v) is 11.7. The van der Waals surface area contributed by atoms with Gasteiger partial charge in [-0.1, -0.05) is 127 Å². The molecule has 2 rings (SSSR count). The molecule has 0 aromatic heterocycles. The van der Waals surface area contributed by atoms with Gasteiger partial charge in [0, 0.05) is 5.56 Å². The predicted molar refractivity (Wildman–Crippen MR) is 167 cm³/mol. The van der Waals surface area contributed by atoms with Crippen LogP contribution in [0.5, 0.6) is 0 Å². The standard InChI is InChI=1S/C35H57NO5/c1-6-9-10-11-12-13-14-15-16-17-18-19-20-21-22-23-24-31-32(30-26-25-28(4)29(5)27-30)36-41-35(31,33(37)39-7-2)34(38)40-8-3/h25-27,31H,6-24H2,1-5H3. The van der Waals surface area contributed by atoms with Gasteiger partial charge in [0.1, 0.15) is 0 Å². The highest BCUT2D eigenvalue weighted by Crippen LogP contribution is 2.39. The van der Waals surface area contributed by atoms with E-state index in [1.807, 2.05) is 25.1 Å². The van der Waals surface area contributed by atoms with Crippen LogP contribution in [-0.2, 0) is 23.9 Å². The SMILES string of the molecule is CCCCCCCCCCCCCCCCCCC1C(c2ccc(C)c(C)c2)=NOC1(C(=O)OCC)C(=O)OCC. The van der Waals surface area contributed by atoms with Crippen molar-refractivity contribution in [1.82, 2.24) is 0 Å². The Kier molecular flexibility index (Phi) is 16.7. The fourth-order valence-electron chi connectivity index (χ4n) is 5.75. The molecule has 6 heteroatoms. The summed E-state index contributed by atoms with van der Waals surface area (Å²) in [6, 6.07) is 6.07. The van der Waals surface area contributed by atoms with Crippen LogP contribution in [0.3, 0.4) is 0 Å². The lowest BCUT2D eigenvalue weighted by Crippen LogP contribution is -2.55. The molecule has 232 valence electrons. The molecule has 0 N–H and O–H groups in total. The Morgan fingerprint density at radius 1 is 0.707 bits per heavy atom. The lowest BCUT2D eigenvalue weighted by Gasteiger charge is -2.29. The zero-order valence-corrected chi connectivity index (χ0v) is 26.7. The van der Waals surface area contributed by atoms with E-state index in [1.54, 1.807) is 13.8 Å². The maximum absolute atomic E-state index is 13.2. The lowest BCUT2D eigenvalue weighted by molar-refractivity contribution is -0.192. The molecule has 1 aromatic rings. The van der Waals surface area contributed by atoms with Crippen LogP contribution >= 0.6 is 0 Å². The molecule has 1 aliphatic rings. The number of ether oxygens (including phenoxy) is 2. The zero-order chi connectivity index (χ0) is 29.9. The minimum absolute atomic E-state index is 0.147. The van der Waals surface area contributed by atoms with Crippen molar-refractivity contribution in [3.63, 3.8) is 0 Å². The summed E-state index contributed by atoms with van der Waals surface area (Å²) in [6.45, 7) is 10.1. The Labute approximate surface area is 250 Å². The smallest absolute Gasteiger partial charge is 0.366 e. The van der Waals surface area contributed by atoms with Crippen LogP contribution in [0.1, 0.15) is 147 Å². The van der Waals surface area contributed by atoms with Crippen molar-refractivity contribution in [3.8, 4) is 0 Å². The Bertz CT molecular complexity index is 922. The number of unbranched alkanes of at least 4 members (excludes halogenated alkanes) is 15. The number of esters is 2. The molecule has 6 nitrogen and oxygen atoms in total. The number of rotatable bonds is 22. The molecule has 41 heavy (non-hydrogen) atoms. The largest absolute Gasteiger partial charge is 0.462 e. The quantitative estimate of drug-likeness (QED) is 0.0788. The summed E-state index contributed by atoms with van der Waals surface area (Å²) >= 11 is 0. The summed E-state index contributed by atoms with van der Waals surface area (Å²) in [6.07, 6.45) is 21.3. The fourth-order valence-corrected chi connectivity index (χ4v) is 5.75. The molecule has 0 amide bonds. The highest BCUT2D eigenvalue weighted by Gasteiger charge is 2.63. The summed E-state index contributed by atoms with van der Waals surface area (Å²) in [5, 5.41) is 4.33. The van der Waals surface area contributed by atoms with Crippen LogP contribution in [0.2, 0.25) is 0 Å². The number of hydrogen-bond donors (Lipinski definition) is 0. The van der Waals surface area contributed by atoms with Crippen molar-refractivity contribution in [3.05, 3.63) is 34.9 Å². The van der Waals surface area contributed by atoms with Crippen LogP contribution in [0.15, 0.2) is 23.4 Å². The van der Waals surface area contributed by atoms with E-state index >= 15 is 0 Å². The predicted octanol–water partition coefficient (Wildman–Crippen LogP) is 9.17. The minimum atomic E-state index is -1.89. The molecule has 0 saturated carbocycles. The number of oxime groups is 1. The van der Waals surface area contributed by atoms with Gasteiger partial charge in [0.2, 0.25) is 0 Å². The third kappa shape index (κ3) is 10.8. The van der Waals surface area contributed by atoms with Gasteiger partial charge >= 0.3 is 17.5 Å². The Morgan fingerprint density at radius 3 is 1.61 bits per heavy atom. The van der Waals surface area contributed by atoms with E-state index in [0.717, 1.165) is 30.4 Å². The van der Waals surface area contributed by atoms with E-state index in [4.69, 9.17) is 14.3 Å². The summed E-state index contributed by atoms with van der Waals surface area (Å²) in [4.78, 5) is 32.2. The van der Waals surface area contributed by atoms with Gasteiger partial charge in [-0.3, -0.25) is 0 Å². The van der Waals surface area contributed by atoms with Crippen molar-refractivity contribution >= 4 is 17.7 Å². The molecule has 0 saturated heterocycles. The second-order valence-electron chi connectivity index (χ2n) is 11.7. The van der Waals surface area contributed by atoms with Crippen LogP contribution in [-0.4, -0.2) is 36.5 Å². The van der Waals surface area contributed by atoms with Crippen LogP contribution in [0, 0.1) is 19.8 Å². The topological polar surface area (TPSA) is 74.2 Å². The highest BCUT2D eigenvalue weighted by molar-refractivity contribution is 6.15. The van der Waals surface area contributed by atoms with E-state index in [-0.39, 0.29) is 13.2 Å². The first-order chi connectivity index (χ1) is 19.9.